The van der Waals surface area contributed by atoms with Gasteiger partial charge in [-0.3, -0.25) is 19.7 Å². The number of benzene rings is 1. The molecule has 0 unspecified atom stereocenters. The molecule has 0 spiro atoms. The van der Waals surface area contributed by atoms with Crippen molar-refractivity contribution in [1.29, 1.82) is 0 Å². The van der Waals surface area contributed by atoms with Crippen molar-refractivity contribution >= 4 is 51.9 Å². The molecule has 1 aromatic heterocycles. The van der Waals surface area contributed by atoms with Gasteiger partial charge in [0, 0.05) is 23.1 Å². The predicted molar refractivity (Wildman–Crippen MR) is 114 cm³/mol. The fourth-order valence-electron chi connectivity index (χ4n) is 3.70. The van der Waals surface area contributed by atoms with Crippen LogP contribution in [0.2, 0.25) is 0 Å². The number of imide groups is 1. The fraction of sp³-hybridized carbons (Fsp3) is 0.318. The first-order valence-electron chi connectivity index (χ1n) is 9.83. The Morgan fingerprint density at radius 3 is 2.69 bits per heavy atom. The van der Waals surface area contributed by atoms with Gasteiger partial charge in [0.1, 0.15) is 5.58 Å². The van der Waals surface area contributed by atoms with Crippen molar-refractivity contribution in [1.82, 2.24) is 10.6 Å². The topological polar surface area (TPSA) is 88.4 Å². The Hall–Kier alpha value is -2.80. The van der Waals surface area contributed by atoms with Crippen LogP contribution >= 0.6 is 11.8 Å². The van der Waals surface area contributed by atoms with Crippen molar-refractivity contribution in [2.75, 3.05) is 0 Å². The summed E-state index contributed by atoms with van der Waals surface area (Å²) in [7, 11) is 0. The molecule has 2 aromatic rings. The number of amides is 3. The standard InChI is InChI=1S/C22H22N2O4S/c25-20(23-16-5-3-1-2-4-6-16)10-8-15-13-28-18-9-7-14(11-17(15)18)12-19-21(26)24-22(27)29-19/h7-13,16H,1-6H2,(H,23,25)(H,24,26,27)/b10-8-,19-12-. The average molecular weight is 410 g/mol. The van der Waals surface area contributed by atoms with E-state index in [2.05, 4.69) is 10.6 Å². The van der Waals surface area contributed by atoms with E-state index in [0.29, 0.717) is 10.5 Å². The molecule has 0 atom stereocenters. The van der Waals surface area contributed by atoms with E-state index in [0.717, 1.165) is 41.1 Å². The number of carbonyl (C=O) groups excluding carboxylic acids is 3. The van der Waals surface area contributed by atoms with Crippen molar-refractivity contribution in [3.8, 4) is 0 Å². The second-order valence-electron chi connectivity index (χ2n) is 7.33. The molecule has 6 nitrogen and oxygen atoms in total. The first-order chi connectivity index (χ1) is 14.1. The monoisotopic (exact) mass is 410 g/mol. The number of furan rings is 1. The molecule has 2 fully saturated rings. The summed E-state index contributed by atoms with van der Waals surface area (Å²) < 4.78 is 5.57. The van der Waals surface area contributed by atoms with Crippen molar-refractivity contribution < 1.29 is 18.8 Å². The Balaban J connectivity index is 1.49. The zero-order valence-corrected chi connectivity index (χ0v) is 16.7. The third kappa shape index (κ3) is 4.79. The first-order valence-corrected chi connectivity index (χ1v) is 10.6. The van der Waals surface area contributed by atoms with E-state index in [9.17, 15) is 14.4 Å². The lowest BCUT2D eigenvalue weighted by molar-refractivity contribution is -0.117. The Kier molecular flexibility index (Phi) is 5.85. The first kappa shape index (κ1) is 19.5. The molecule has 2 aliphatic rings. The van der Waals surface area contributed by atoms with Gasteiger partial charge in [0.05, 0.1) is 11.2 Å². The van der Waals surface area contributed by atoms with Gasteiger partial charge < -0.3 is 9.73 Å². The van der Waals surface area contributed by atoms with Crippen molar-refractivity contribution in [2.24, 2.45) is 0 Å². The van der Waals surface area contributed by atoms with E-state index in [1.54, 1.807) is 24.5 Å². The van der Waals surface area contributed by atoms with Gasteiger partial charge in [-0.15, -0.1) is 0 Å². The minimum atomic E-state index is -0.386. The number of hydrogen-bond acceptors (Lipinski definition) is 5. The van der Waals surface area contributed by atoms with Crippen molar-refractivity contribution in [2.45, 2.75) is 44.6 Å². The smallest absolute Gasteiger partial charge is 0.290 e. The molecule has 2 N–H and O–H groups in total. The molecule has 1 aliphatic heterocycles. The van der Waals surface area contributed by atoms with Crippen LogP contribution in [-0.4, -0.2) is 23.1 Å². The highest BCUT2D eigenvalue weighted by atomic mass is 32.2. The van der Waals surface area contributed by atoms with Gasteiger partial charge in [0.2, 0.25) is 5.91 Å². The Bertz CT molecular complexity index is 1010. The molecule has 1 saturated heterocycles. The van der Waals surface area contributed by atoms with Gasteiger partial charge in [-0.05, 0) is 54.5 Å². The van der Waals surface area contributed by atoms with Crippen LogP contribution in [0.5, 0.6) is 0 Å². The van der Waals surface area contributed by atoms with Gasteiger partial charge in [-0.25, -0.2) is 0 Å². The van der Waals surface area contributed by atoms with Gasteiger partial charge in [-0.2, -0.15) is 0 Å². The molecule has 7 heteroatoms. The fourth-order valence-corrected chi connectivity index (χ4v) is 4.38. The summed E-state index contributed by atoms with van der Waals surface area (Å²) in [4.78, 5) is 35.7. The third-order valence-electron chi connectivity index (χ3n) is 5.18. The molecule has 1 aromatic carbocycles. The maximum Gasteiger partial charge on any atom is 0.290 e. The van der Waals surface area contributed by atoms with Crippen LogP contribution in [0.15, 0.2) is 39.9 Å². The zero-order valence-electron chi connectivity index (χ0n) is 15.9. The number of carbonyl (C=O) groups is 3. The second kappa shape index (κ2) is 8.69. The Labute approximate surface area is 172 Å². The zero-order chi connectivity index (χ0) is 20.2. The van der Waals surface area contributed by atoms with E-state index in [-0.39, 0.29) is 23.1 Å². The summed E-state index contributed by atoms with van der Waals surface area (Å²) in [5.74, 6) is -0.482. The van der Waals surface area contributed by atoms with E-state index >= 15 is 0 Å². The number of thioether (sulfide) groups is 1. The molecular weight excluding hydrogens is 388 g/mol. The average Bonchev–Trinajstić information content (AvgIpc) is 3.12. The van der Waals surface area contributed by atoms with E-state index in [1.165, 1.54) is 25.7 Å². The SMILES string of the molecule is O=C(/C=C\c1coc2ccc(/C=C3\SC(=O)NC3=O)cc12)NC1CCCCCC1. The summed E-state index contributed by atoms with van der Waals surface area (Å²) in [5.41, 5.74) is 2.26. The Morgan fingerprint density at radius 1 is 1.17 bits per heavy atom. The van der Waals surface area contributed by atoms with Crippen LogP contribution in [-0.2, 0) is 9.59 Å². The summed E-state index contributed by atoms with van der Waals surface area (Å²) in [6.45, 7) is 0. The lowest BCUT2D eigenvalue weighted by atomic mass is 10.1. The van der Waals surface area contributed by atoms with Gasteiger partial charge in [0.25, 0.3) is 11.1 Å². The number of fused-ring (bicyclic) bond motifs is 1. The quantitative estimate of drug-likeness (QED) is 0.568. The highest BCUT2D eigenvalue weighted by Crippen LogP contribution is 2.28. The summed E-state index contributed by atoms with van der Waals surface area (Å²) in [5, 5.41) is 5.81. The molecule has 0 bridgehead atoms. The lowest BCUT2D eigenvalue weighted by Crippen LogP contribution is -2.33. The van der Waals surface area contributed by atoms with Gasteiger partial charge >= 0.3 is 0 Å². The summed E-state index contributed by atoms with van der Waals surface area (Å²) in [6.07, 6.45) is 13.5. The highest BCUT2D eigenvalue weighted by Gasteiger charge is 2.25. The van der Waals surface area contributed by atoms with E-state index in [4.69, 9.17) is 4.42 Å². The molecule has 2 heterocycles. The van der Waals surface area contributed by atoms with E-state index < -0.39 is 0 Å². The molecule has 3 amide bonds. The third-order valence-corrected chi connectivity index (χ3v) is 5.99. The van der Waals surface area contributed by atoms with Gasteiger partial charge in [-0.1, -0.05) is 31.7 Å². The molecule has 150 valence electrons. The van der Waals surface area contributed by atoms with Crippen molar-refractivity contribution in [3.63, 3.8) is 0 Å². The minimum Gasteiger partial charge on any atom is -0.464 e. The second-order valence-corrected chi connectivity index (χ2v) is 8.34. The predicted octanol–water partition coefficient (Wildman–Crippen LogP) is 4.61. The normalized spacial score (nSPS) is 19.8. The summed E-state index contributed by atoms with van der Waals surface area (Å²) >= 11 is 0.883. The molecular formula is C22H22N2O4S. The largest absolute Gasteiger partial charge is 0.464 e. The number of nitrogens with one attached hydrogen (secondary N) is 2. The molecule has 1 saturated carbocycles. The minimum absolute atomic E-state index is 0.0953. The molecule has 0 radical (unpaired) electrons. The van der Waals surface area contributed by atoms with Crippen molar-refractivity contribution in [3.05, 3.63) is 46.6 Å². The van der Waals surface area contributed by atoms with Crippen LogP contribution in [0.1, 0.15) is 49.7 Å². The summed E-state index contributed by atoms with van der Waals surface area (Å²) in [6, 6.07) is 5.77. The van der Waals surface area contributed by atoms with Crippen LogP contribution in [0.4, 0.5) is 4.79 Å². The molecule has 29 heavy (non-hydrogen) atoms. The Morgan fingerprint density at radius 2 is 1.97 bits per heavy atom. The number of rotatable bonds is 4. The van der Waals surface area contributed by atoms with Crippen LogP contribution < -0.4 is 10.6 Å². The molecule has 1 aliphatic carbocycles. The van der Waals surface area contributed by atoms with Crippen LogP contribution in [0.25, 0.3) is 23.1 Å². The van der Waals surface area contributed by atoms with Gasteiger partial charge in [0.15, 0.2) is 0 Å². The maximum atomic E-state index is 12.3. The number of hydrogen-bond donors (Lipinski definition) is 2. The lowest BCUT2D eigenvalue weighted by Gasteiger charge is -2.14. The maximum absolute atomic E-state index is 12.3. The molecule has 4 rings (SSSR count). The van der Waals surface area contributed by atoms with E-state index in [1.807, 2.05) is 18.2 Å². The van der Waals surface area contributed by atoms with Crippen LogP contribution in [0, 0.1) is 0 Å². The highest BCUT2D eigenvalue weighted by molar-refractivity contribution is 8.18. The van der Waals surface area contributed by atoms with Crippen LogP contribution in [0.3, 0.4) is 0 Å².